The fraction of sp³-hybridized carbons (Fsp3) is 0.531. The predicted molar refractivity (Wildman–Crippen MR) is 250 cm³/mol. The summed E-state index contributed by atoms with van der Waals surface area (Å²) < 4.78 is 62.7. The average molecular weight is 903 g/mol. The molecule has 0 amide bonds. The Morgan fingerprint density at radius 2 is 1.08 bits per heavy atom. The Labute approximate surface area is 378 Å². The summed E-state index contributed by atoms with van der Waals surface area (Å²) in [5.41, 5.74) is 4.56. The Balaban J connectivity index is 0.000000174. The van der Waals surface area contributed by atoms with Crippen molar-refractivity contribution in [3.05, 3.63) is 82.1 Å². The van der Waals surface area contributed by atoms with Gasteiger partial charge < -0.3 is 24.8 Å². The average Bonchev–Trinajstić information content (AvgIpc) is 3.32. The number of nitrogens with zero attached hydrogens (tertiary/aromatic N) is 8. The Hall–Kier alpha value is -4.50. The van der Waals surface area contributed by atoms with E-state index < -0.39 is 23.3 Å². The number of benzene rings is 2. The van der Waals surface area contributed by atoms with Crippen molar-refractivity contribution < 1.29 is 22.3 Å². The SMILES string of the molecule is Cc1c(N2CCN(C3CCCCC3)CC2)nc2cc(F)cc(F)c2c1Cl.Cc1c(N2CCN(C3CCCCC3)CC2)nc2cc(F)cc(F)c2c1Nc1cncc(N2CCOCC2)c1. The van der Waals surface area contributed by atoms with E-state index in [-0.39, 0.29) is 10.9 Å². The maximum absolute atomic E-state index is 15.2. The van der Waals surface area contributed by atoms with Crippen molar-refractivity contribution in [2.45, 2.75) is 90.1 Å². The van der Waals surface area contributed by atoms with E-state index in [9.17, 15) is 13.2 Å². The molecule has 0 radical (unpaired) electrons. The summed E-state index contributed by atoms with van der Waals surface area (Å²) in [4.78, 5) is 25.7. The van der Waals surface area contributed by atoms with Crippen LogP contribution in [0.5, 0.6) is 0 Å². The lowest BCUT2D eigenvalue weighted by Gasteiger charge is -2.41. The first-order valence-corrected chi connectivity index (χ1v) is 23.8. The summed E-state index contributed by atoms with van der Waals surface area (Å²) in [6.07, 6.45) is 16.8. The molecule has 3 aliphatic heterocycles. The number of piperazine rings is 2. The number of nitrogens with one attached hydrogen (secondary N) is 1. The van der Waals surface area contributed by atoms with Gasteiger partial charge in [0.1, 0.15) is 34.9 Å². The van der Waals surface area contributed by atoms with Gasteiger partial charge in [-0.2, -0.15) is 0 Å². The van der Waals surface area contributed by atoms with E-state index in [1.54, 1.807) is 6.20 Å². The summed E-state index contributed by atoms with van der Waals surface area (Å²) >= 11 is 6.42. The molecule has 10 nitrogen and oxygen atoms in total. The van der Waals surface area contributed by atoms with E-state index in [1.807, 2.05) is 26.1 Å². The Morgan fingerprint density at radius 1 is 0.578 bits per heavy atom. The Kier molecular flexibility index (Phi) is 13.9. The van der Waals surface area contributed by atoms with Crippen LogP contribution >= 0.6 is 11.6 Å². The van der Waals surface area contributed by atoms with Crippen LogP contribution in [0.25, 0.3) is 21.8 Å². The molecule has 2 aromatic carbocycles. The number of rotatable bonds is 7. The highest BCUT2D eigenvalue weighted by Crippen LogP contribution is 2.39. The lowest BCUT2D eigenvalue weighted by Crippen LogP contribution is -2.51. The van der Waals surface area contributed by atoms with E-state index in [2.05, 4.69) is 39.8 Å². The summed E-state index contributed by atoms with van der Waals surface area (Å²) in [5, 5.41) is 4.27. The smallest absolute Gasteiger partial charge is 0.137 e. The number of pyridine rings is 3. The van der Waals surface area contributed by atoms with E-state index in [0.29, 0.717) is 46.9 Å². The van der Waals surface area contributed by atoms with Crippen molar-refractivity contribution in [3.8, 4) is 0 Å². The molecule has 1 N–H and O–H groups in total. The topological polar surface area (TPSA) is 76.1 Å². The van der Waals surface area contributed by atoms with Crippen molar-refractivity contribution in [2.75, 3.05) is 98.7 Å². The molecule has 2 aliphatic carbocycles. The van der Waals surface area contributed by atoms with Crippen molar-refractivity contribution in [3.63, 3.8) is 0 Å². The normalized spacial score (nSPS) is 19.9. The lowest BCUT2D eigenvalue weighted by molar-refractivity contribution is 0.122. The zero-order valence-electron chi connectivity index (χ0n) is 37.1. The number of aromatic nitrogens is 3. The van der Waals surface area contributed by atoms with Crippen LogP contribution in [0.4, 0.5) is 46.3 Å². The fourth-order valence-electron chi connectivity index (χ4n) is 10.6. The van der Waals surface area contributed by atoms with Crippen LogP contribution in [0.2, 0.25) is 5.02 Å². The third-order valence-electron chi connectivity index (χ3n) is 14.1. The molecule has 5 aliphatic rings. The maximum atomic E-state index is 15.2. The van der Waals surface area contributed by atoms with Gasteiger partial charge in [0.2, 0.25) is 0 Å². The number of hydrogen-bond donors (Lipinski definition) is 1. The zero-order valence-corrected chi connectivity index (χ0v) is 37.9. The molecule has 342 valence electrons. The second-order valence-corrected chi connectivity index (χ2v) is 18.5. The number of fused-ring (bicyclic) bond motifs is 2. The highest BCUT2D eigenvalue weighted by Gasteiger charge is 2.30. The van der Waals surface area contributed by atoms with Gasteiger partial charge in [0.25, 0.3) is 0 Å². The number of anilines is 5. The van der Waals surface area contributed by atoms with Crippen molar-refractivity contribution >= 4 is 62.1 Å². The van der Waals surface area contributed by atoms with Gasteiger partial charge in [0, 0.05) is 113 Å². The molecule has 15 heteroatoms. The van der Waals surface area contributed by atoms with Crippen LogP contribution in [0, 0.1) is 37.1 Å². The monoisotopic (exact) mass is 901 g/mol. The molecule has 0 bridgehead atoms. The number of hydrogen-bond acceptors (Lipinski definition) is 10. The molecule has 5 fully saturated rings. The number of morpholine rings is 1. The number of halogens is 5. The highest BCUT2D eigenvalue weighted by molar-refractivity contribution is 6.36. The Bertz CT molecular complexity index is 2430. The van der Waals surface area contributed by atoms with Crippen molar-refractivity contribution in [1.29, 1.82) is 0 Å². The minimum atomic E-state index is -0.658. The number of ether oxygens (including phenoxy) is 1. The molecule has 0 spiro atoms. The molecule has 3 saturated heterocycles. The summed E-state index contributed by atoms with van der Waals surface area (Å²) in [6, 6.07) is 7.79. The van der Waals surface area contributed by atoms with E-state index in [4.69, 9.17) is 21.3 Å². The van der Waals surface area contributed by atoms with Crippen LogP contribution in [-0.2, 0) is 4.74 Å². The van der Waals surface area contributed by atoms with Gasteiger partial charge in [-0.3, -0.25) is 14.8 Å². The van der Waals surface area contributed by atoms with Gasteiger partial charge in [0.05, 0.1) is 69.5 Å². The molecule has 10 rings (SSSR count). The molecule has 3 aromatic heterocycles. The third kappa shape index (κ3) is 9.71. The van der Waals surface area contributed by atoms with Gasteiger partial charge >= 0.3 is 0 Å². The molecule has 0 unspecified atom stereocenters. The van der Waals surface area contributed by atoms with Gasteiger partial charge in [-0.25, -0.2) is 27.5 Å². The van der Waals surface area contributed by atoms with Gasteiger partial charge in [-0.05, 0) is 45.6 Å². The fourth-order valence-corrected chi connectivity index (χ4v) is 10.9. The first kappa shape index (κ1) is 44.7. The summed E-state index contributed by atoms with van der Waals surface area (Å²) in [5.74, 6) is -1.00. The minimum Gasteiger partial charge on any atom is -0.378 e. The standard InChI is InChI=1S/C29H36F2N6O.C20H24ClF2N3/c1-20-28(33-22-17-24(19-32-18-22)36-11-13-38-14-12-36)27-25(31)15-21(30)16-26(27)34-29(20)37-9-7-35(8-10-37)23-5-3-2-4-6-23;1-13-19(21)18-16(23)11-14(22)12-17(18)24-20(13)26-9-7-25(8-10-26)15-5-3-2-4-6-15/h15-19,23H,2-14H2,1H3,(H,33,34);11-12,15H,2-10H2,1H3. The minimum absolute atomic E-state index is 0.204. The van der Waals surface area contributed by atoms with Gasteiger partial charge in [0.15, 0.2) is 0 Å². The largest absolute Gasteiger partial charge is 0.378 e. The lowest BCUT2D eigenvalue weighted by atomic mass is 9.94. The second-order valence-electron chi connectivity index (χ2n) is 18.2. The van der Waals surface area contributed by atoms with Crippen LogP contribution < -0.4 is 20.0 Å². The summed E-state index contributed by atoms with van der Waals surface area (Å²) in [7, 11) is 0. The van der Waals surface area contributed by atoms with Crippen LogP contribution in [0.1, 0.15) is 75.3 Å². The van der Waals surface area contributed by atoms with Crippen molar-refractivity contribution in [1.82, 2.24) is 24.8 Å². The van der Waals surface area contributed by atoms with Crippen LogP contribution in [-0.4, -0.2) is 115 Å². The molecular formula is C49H60ClF4N9O. The Morgan fingerprint density at radius 3 is 1.62 bits per heavy atom. The zero-order chi connectivity index (χ0) is 44.3. The first-order chi connectivity index (χ1) is 31.1. The van der Waals surface area contributed by atoms with Crippen molar-refractivity contribution in [2.24, 2.45) is 0 Å². The van der Waals surface area contributed by atoms with Gasteiger partial charge in [-0.15, -0.1) is 0 Å². The van der Waals surface area contributed by atoms with Gasteiger partial charge in [-0.1, -0.05) is 50.1 Å². The molecular weight excluding hydrogens is 842 g/mol. The predicted octanol–water partition coefficient (Wildman–Crippen LogP) is 10.2. The third-order valence-corrected chi connectivity index (χ3v) is 14.6. The molecule has 0 atom stereocenters. The first-order valence-electron chi connectivity index (χ1n) is 23.4. The summed E-state index contributed by atoms with van der Waals surface area (Å²) in [6.45, 7) is 14.2. The molecule has 2 saturated carbocycles. The van der Waals surface area contributed by atoms with Crippen LogP contribution in [0.3, 0.4) is 0 Å². The van der Waals surface area contributed by atoms with Crippen LogP contribution in [0.15, 0.2) is 42.7 Å². The quantitative estimate of drug-likeness (QED) is 0.160. The highest BCUT2D eigenvalue weighted by atomic mass is 35.5. The second kappa shape index (κ2) is 19.9. The molecule has 64 heavy (non-hydrogen) atoms. The van der Waals surface area contributed by atoms with E-state index in [0.717, 1.165) is 112 Å². The maximum Gasteiger partial charge on any atom is 0.137 e. The van der Waals surface area contributed by atoms with E-state index >= 15 is 4.39 Å². The molecule has 5 aromatic rings. The van der Waals surface area contributed by atoms with E-state index in [1.165, 1.54) is 76.3 Å². The molecule has 6 heterocycles.